The number of carbonyl (C=O) groups excluding carboxylic acids is 2. The molecule has 2 amide bonds. The van der Waals surface area contributed by atoms with Crippen molar-refractivity contribution >= 4 is 35.0 Å². The fourth-order valence-corrected chi connectivity index (χ4v) is 5.18. The summed E-state index contributed by atoms with van der Waals surface area (Å²) in [6, 6.07) is 13.2. The number of halogens is 1. The van der Waals surface area contributed by atoms with E-state index in [-0.39, 0.29) is 12.0 Å². The fraction of sp³-hybridized carbons (Fsp3) is 0.517. The molecule has 37 heavy (non-hydrogen) atoms. The normalized spacial score (nSPS) is 18.9. The Balaban J connectivity index is 1.33. The van der Waals surface area contributed by atoms with Crippen LogP contribution in [0.1, 0.15) is 58.4 Å². The van der Waals surface area contributed by atoms with E-state index in [1.807, 2.05) is 20.8 Å². The predicted octanol–water partition coefficient (Wildman–Crippen LogP) is 6.42. The Bertz CT molecular complexity index is 1110. The number of piperidine rings is 2. The van der Waals surface area contributed by atoms with Crippen molar-refractivity contribution in [1.29, 1.82) is 0 Å². The molecule has 2 aliphatic heterocycles. The molecular weight excluding hydrogens is 490 g/mol. The molecule has 0 unspecified atom stereocenters. The molecule has 1 atom stereocenters. The van der Waals surface area contributed by atoms with Gasteiger partial charge in [-0.05, 0) is 76.8 Å². The number of nitrogens with one attached hydrogen (secondary N) is 1. The van der Waals surface area contributed by atoms with Gasteiger partial charge in [-0.1, -0.05) is 29.8 Å². The molecule has 200 valence electrons. The summed E-state index contributed by atoms with van der Waals surface area (Å²) in [5.74, 6) is 0.376. The van der Waals surface area contributed by atoms with E-state index in [0.717, 1.165) is 38.8 Å². The maximum Gasteiger partial charge on any atom is 0.410 e. The molecule has 8 heteroatoms. The Morgan fingerprint density at radius 1 is 1.00 bits per heavy atom. The molecular formula is C29H38ClN3O4. The molecule has 4 rings (SSSR count). The van der Waals surface area contributed by atoms with Crippen LogP contribution in [0.25, 0.3) is 0 Å². The lowest BCUT2D eigenvalue weighted by Crippen LogP contribution is -2.51. The molecule has 0 bridgehead atoms. The highest BCUT2D eigenvalue weighted by atomic mass is 35.5. The summed E-state index contributed by atoms with van der Waals surface area (Å²) in [5.41, 5.74) is 2.52. The van der Waals surface area contributed by atoms with Gasteiger partial charge in [0.25, 0.3) is 0 Å². The van der Waals surface area contributed by atoms with Crippen LogP contribution < -0.4 is 15.0 Å². The van der Waals surface area contributed by atoms with Gasteiger partial charge in [-0.25, -0.2) is 4.79 Å². The van der Waals surface area contributed by atoms with Crippen LogP contribution in [0.4, 0.5) is 16.2 Å². The summed E-state index contributed by atoms with van der Waals surface area (Å²) in [6.07, 6.45) is 3.78. The van der Waals surface area contributed by atoms with Gasteiger partial charge < -0.3 is 19.7 Å². The van der Waals surface area contributed by atoms with E-state index in [2.05, 4.69) is 41.4 Å². The van der Waals surface area contributed by atoms with E-state index in [4.69, 9.17) is 21.1 Å². The third-order valence-electron chi connectivity index (χ3n) is 6.82. The van der Waals surface area contributed by atoms with Gasteiger partial charge in [-0.3, -0.25) is 9.69 Å². The van der Waals surface area contributed by atoms with E-state index in [0.29, 0.717) is 29.4 Å². The number of nitrogens with zero attached hydrogens (tertiary/aromatic N) is 2. The Morgan fingerprint density at radius 3 is 2.41 bits per heavy atom. The molecule has 7 nitrogen and oxygen atoms in total. The van der Waals surface area contributed by atoms with Crippen LogP contribution >= 0.6 is 11.6 Å². The Kier molecular flexibility index (Phi) is 8.53. The zero-order chi connectivity index (χ0) is 26.6. The predicted molar refractivity (Wildman–Crippen MR) is 148 cm³/mol. The van der Waals surface area contributed by atoms with Gasteiger partial charge in [-0.15, -0.1) is 0 Å². The number of aryl methyl sites for hydroxylation is 1. The van der Waals surface area contributed by atoms with Crippen molar-refractivity contribution < 1.29 is 19.1 Å². The van der Waals surface area contributed by atoms with Gasteiger partial charge in [0.2, 0.25) is 5.91 Å². The van der Waals surface area contributed by atoms with Crippen LogP contribution in [0.2, 0.25) is 5.02 Å². The molecule has 2 fully saturated rings. The van der Waals surface area contributed by atoms with E-state index < -0.39 is 17.7 Å². The van der Waals surface area contributed by atoms with Crippen molar-refractivity contribution in [2.45, 2.75) is 77.5 Å². The molecule has 2 aliphatic rings. The SMILES string of the molecule is Cc1ccccc1N1CCC(Oc2ccc(NC(=O)[C@H]3CCCCN3C(=O)OC(C)(C)C)cc2Cl)CC1. The van der Waals surface area contributed by atoms with Crippen molar-refractivity contribution in [2.24, 2.45) is 0 Å². The molecule has 2 aromatic rings. The van der Waals surface area contributed by atoms with Gasteiger partial charge in [-0.2, -0.15) is 0 Å². The highest BCUT2D eigenvalue weighted by molar-refractivity contribution is 6.32. The quantitative estimate of drug-likeness (QED) is 0.485. The summed E-state index contributed by atoms with van der Waals surface area (Å²) in [5, 5.41) is 3.38. The van der Waals surface area contributed by atoms with Gasteiger partial charge >= 0.3 is 6.09 Å². The van der Waals surface area contributed by atoms with Crippen LogP contribution in [-0.2, 0) is 9.53 Å². The summed E-state index contributed by atoms with van der Waals surface area (Å²) in [4.78, 5) is 29.7. The number of amides is 2. The van der Waals surface area contributed by atoms with Crippen LogP contribution in [0.15, 0.2) is 42.5 Å². The summed E-state index contributed by atoms with van der Waals surface area (Å²) < 4.78 is 11.7. The Hall–Kier alpha value is -2.93. The van der Waals surface area contributed by atoms with Crippen LogP contribution in [0.5, 0.6) is 5.75 Å². The minimum absolute atomic E-state index is 0.0860. The highest BCUT2D eigenvalue weighted by Crippen LogP contribution is 2.32. The third-order valence-corrected chi connectivity index (χ3v) is 7.12. The zero-order valence-corrected chi connectivity index (χ0v) is 23.0. The first-order chi connectivity index (χ1) is 17.6. The molecule has 0 radical (unpaired) electrons. The van der Waals surface area contributed by atoms with Crippen LogP contribution in [0.3, 0.4) is 0 Å². The van der Waals surface area contributed by atoms with Gasteiger partial charge in [0.1, 0.15) is 23.5 Å². The van der Waals surface area contributed by atoms with Crippen LogP contribution in [0, 0.1) is 6.92 Å². The first-order valence-electron chi connectivity index (χ1n) is 13.2. The fourth-order valence-electron chi connectivity index (χ4n) is 4.96. The molecule has 0 aliphatic carbocycles. The Labute approximate surface area is 225 Å². The smallest absolute Gasteiger partial charge is 0.410 e. The maximum absolute atomic E-state index is 13.1. The highest BCUT2D eigenvalue weighted by Gasteiger charge is 2.35. The molecule has 0 saturated carbocycles. The maximum atomic E-state index is 13.1. The van der Waals surface area contributed by atoms with E-state index >= 15 is 0 Å². The van der Waals surface area contributed by atoms with Gasteiger partial charge in [0, 0.05) is 43.9 Å². The first kappa shape index (κ1) is 27.1. The summed E-state index contributed by atoms with van der Waals surface area (Å²) in [7, 11) is 0. The number of rotatable bonds is 5. The van der Waals surface area contributed by atoms with Gasteiger partial charge in [0.15, 0.2) is 0 Å². The minimum Gasteiger partial charge on any atom is -0.489 e. The average molecular weight is 528 g/mol. The van der Waals surface area contributed by atoms with E-state index in [9.17, 15) is 9.59 Å². The van der Waals surface area contributed by atoms with Crippen molar-refractivity contribution in [3.63, 3.8) is 0 Å². The number of hydrogen-bond donors (Lipinski definition) is 1. The lowest BCUT2D eigenvalue weighted by molar-refractivity contribution is -0.122. The van der Waals surface area contributed by atoms with Gasteiger partial charge in [0.05, 0.1) is 5.02 Å². The first-order valence-corrected chi connectivity index (χ1v) is 13.6. The van der Waals surface area contributed by atoms with Crippen molar-refractivity contribution in [2.75, 3.05) is 29.9 Å². The van der Waals surface area contributed by atoms with Crippen LogP contribution in [-0.4, -0.2) is 54.3 Å². The number of anilines is 2. The lowest BCUT2D eigenvalue weighted by atomic mass is 10.0. The second kappa shape index (κ2) is 11.6. The van der Waals surface area contributed by atoms with Crippen molar-refractivity contribution in [3.05, 3.63) is 53.1 Å². The summed E-state index contributed by atoms with van der Waals surface area (Å²) in [6.45, 7) is 9.97. The van der Waals surface area contributed by atoms with E-state index in [1.165, 1.54) is 16.2 Å². The molecule has 1 N–H and O–H groups in total. The minimum atomic E-state index is -0.615. The largest absolute Gasteiger partial charge is 0.489 e. The van der Waals surface area contributed by atoms with Crippen molar-refractivity contribution in [3.8, 4) is 5.75 Å². The topological polar surface area (TPSA) is 71.1 Å². The number of likely N-dealkylation sites (tertiary alicyclic amines) is 1. The second-order valence-corrected chi connectivity index (χ2v) is 11.3. The molecule has 2 aromatic carbocycles. The second-order valence-electron chi connectivity index (χ2n) is 10.9. The number of carbonyl (C=O) groups is 2. The number of hydrogen-bond acceptors (Lipinski definition) is 5. The zero-order valence-electron chi connectivity index (χ0n) is 22.3. The third kappa shape index (κ3) is 7.10. The Morgan fingerprint density at radius 2 is 1.73 bits per heavy atom. The number of benzene rings is 2. The summed E-state index contributed by atoms with van der Waals surface area (Å²) >= 11 is 6.54. The number of para-hydroxylation sites is 1. The average Bonchev–Trinajstić information content (AvgIpc) is 2.85. The standard InChI is InChI=1S/C29H38ClN3O4/c1-20-9-5-6-10-24(20)32-17-14-22(15-18-32)36-26-13-12-21(19-23(26)30)31-27(34)25-11-7-8-16-33(25)28(35)37-29(2,3)4/h5-6,9-10,12-13,19,22,25H,7-8,11,14-18H2,1-4H3,(H,31,34)/t25-/m1/s1. The molecule has 2 heterocycles. The molecule has 0 aromatic heterocycles. The number of ether oxygens (including phenoxy) is 2. The lowest BCUT2D eigenvalue weighted by Gasteiger charge is -2.35. The van der Waals surface area contributed by atoms with Crippen molar-refractivity contribution in [1.82, 2.24) is 4.90 Å². The molecule has 2 saturated heterocycles. The molecule has 0 spiro atoms. The monoisotopic (exact) mass is 527 g/mol. The van der Waals surface area contributed by atoms with E-state index in [1.54, 1.807) is 18.2 Å².